The molecule has 4 rings (SSSR count). The largest absolute Gasteiger partial charge is 0.370 e. The lowest BCUT2D eigenvalue weighted by molar-refractivity contribution is -0.125. The van der Waals surface area contributed by atoms with Crippen molar-refractivity contribution in [3.63, 3.8) is 0 Å². The molecule has 0 atom stereocenters. The maximum absolute atomic E-state index is 12.3. The number of nitrogens with one attached hydrogen (secondary N) is 1. The smallest absolute Gasteiger partial charge is 0.253 e. The molecule has 2 amide bonds. The third kappa shape index (κ3) is 4.33. The van der Waals surface area contributed by atoms with Crippen molar-refractivity contribution in [2.75, 3.05) is 30.0 Å². The summed E-state index contributed by atoms with van der Waals surface area (Å²) in [6.07, 6.45) is -0.0252. The summed E-state index contributed by atoms with van der Waals surface area (Å²) in [5.41, 5.74) is 3.30. The van der Waals surface area contributed by atoms with Gasteiger partial charge in [0.15, 0.2) is 0 Å². The minimum atomic E-state index is -0.264. The number of hydrogen-bond donors (Lipinski definition) is 1. The van der Waals surface area contributed by atoms with Crippen molar-refractivity contribution in [1.82, 2.24) is 10.1 Å². The number of aryl methyl sites for hydroxylation is 1. The zero-order valence-electron chi connectivity index (χ0n) is 15.9. The molecule has 1 saturated heterocycles. The number of carbonyl (C=O) groups is 2. The molecule has 148 valence electrons. The van der Waals surface area contributed by atoms with E-state index >= 15 is 0 Å². The van der Waals surface area contributed by atoms with Crippen molar-refractivity contribution in [2.45, 2.75) is 13.3 Å². The van der Waals surface area contributed by atoms with E-state index in [0.29, 0.717) is 24.7 Å². The zero-order valence-corrected chi connectivity index (χ0v) is 15.9. The summed E-state index contributed by atoms with van der Waals surface area (Å²) in [6, 6.07) is 14.8. The van der Waals surface area contributed by atoms with Crippen molar-refractivity contribution in [2.24, 2.45) is 0 Å². The lowest BCUT2D eigenvalue weighted by Gasteiger charge is -2.26. The van der Waals surface area contributed by atoms with E-state index in [-0.39, 0.29) is 30.7 Å². The summed E-state index contributed by atoms with van der Waals surface area (Å²) in [7, 11) is 0. The Kier molecular flexibility index (Phi) is 5.35. The molecule has 2 heterocycles. The van der Waals surface area contributed by atoms with E-state index in [1.165, 1.54) is 0 Å². The lowest BCUT2D eigenvalue weighted by Crippen LogP contribution is -2.41. The number of hydrogen-bond acceptors (Lipinski definition) is 6. The fourth-order valence-corrected chi connectivity index (χ4v) is 3.12. The molecule has 2 aromatic carbocycles. The predicted molar refractivity (Wildman–Crippen MR) is 106 cm³/mol. The third-order valence-electron chi connectivity index (χ3n) is 4.61. The Morgan fingerprint density at radius 3 is 2.72 bits per heavy atom. The quantitative estimate of drug-likeness (QED) is 0.717. The number of rotatable bonds is 5. The van der Waals surface area contributed by atoms with Crippen LogP contribution in [0.4, 0.5) is 11.4 Å². The maximum Gasteiger partial charge on any atom is 0.253 e. The van der Waals surface area contributed by atoms with Gasteiger partial charge in [-0.1, -0.05) is 29.4 Å². The van der Waals surface area contributed by atoms with Gasteiger partial charge in [0.1, 0.15) is 13.0 Å². The summed E-state index contributed by atoms with van der Waals surface area (Å²) >= 11 is 0. The highest BCUT2D eigenvalue weighted by Gasteiger charge is 2.20. The Labute approximate surface area is 167 Å². The lowest BCUT2D eigenvalue weighted by atomic mass is 10.1. The van der Waals surface area contributed by atoms with Crippen molar-refractivity contribution in [3.05, 3.63) is 60.0 Å². The SMILES string of the molecule is Cc1ccccc1-c1noc(CC(=O)Nc2ccc(N3CCOCC3=O)cc2)n1. The number of anilines is 2. The average Bonchev–Trinajstić information content (AvgIpc) is 3.17. The Bertz CT molecular complexity index is 1030. The molecule has 3 aromatic rings. The fraction of sp³-hybridized carbons (Fsp3) is 0.238. The molecule has 0 radical (unpaired) electrons. The molecular weight excluding hydrogens is 372 g/mol. The van der Waals surface area contributed by atoms with Gasteiger partial charge < -0.3 is 19.5 Å². The standard InChI is InChI=1S/C21H20N4O4/c1-14-4-2-3-5-17(14)21-23-19(29-24-21)12-18(26)22-15-6-8-16(9-7-15)25-10-11-28-13-20(25)27/h2-9H,10-13H2,1H3,(H,22,26). The highest BCUT2D eigenvalue weighted by atomic mass is 16.5. The summed E-state index contributed by atoms with van der Waals surface area (Å²) in [5.74, 6) is 0.371. The van der Waals surface area contributed by atoms with Crippen LogP contribution < -0.4 is 10.2 Å². The van der Waals surface area contributed by atoms with Gasteiger partial charge in [-0.05, 0) is 36.8 Å². The first-order valence-corrected chi connectivity index (χ1v) is 9.27. The van der Waals surface area contributed by atoms with Gasteiger partial charge in [-0.15, -0.1) is 0 Å². The van der Waals surface area contributed by atoms with Crippen LogP contribution in [0.1, 0.15) is 11.5 Å². The van der Waals surface area contributed by atoms with Gasteiger partial charge in [-0.25, -0.2) is 0 Å². The van der Waals surface area contributed by atoms with Gasteiger partial charge in [-0.2, -0.15) is 4.98 Å². The topological polar surface area (TPSA) is 97.6 Å². The Balaban J connectivity index is 1.38. The molecular formula is C21H20N4O4. The van der Waals surface area contributed by atoms with Gasteiger partial charge in [-0.3, -0.25) is 9.59 Å². The van der Waals surface area contributed by atoms with Crippen LogP contribution in [0, 0.1) is 6.92 Å². The van der Waals surface area contributed by atoms with E-state index in [1.54, 1.807) is 29.2 Å². The molecule has 1 aliphatic rings. The summed E-state index contributed by atoms with van der Waals surface area (Å²) < 4.78 is 10.3. The predicted octanol–water partition coefficient (Wildman–Crippen LogP) is 2.59. The normalized spacial score (nSPS) is 14.1. The van der Waals surface area contributed by atoms with Crippen LogP contribution >= 0.6 is 0 Å². The van der Waals surface area contributed by atoms with E-state index in [4.69, 9.17) is 9.26 Å². The van der Waals surface area contributed by atoms with Gasteiger partial charge >= 0.3 is 0 Å². The number of carbonyl (C=O) groups excluding carboxylic acids is 2. The number of benzene rings is 2. The van der Waals surface area contributed by atoms with Crippen molar-refractivity contribution in [1.29, 1.82) is 0 Å². The first-order chi connectivity index (χ1) is 14.1. The molecule has 0 unspecified atom stereocenters. The molecule has 1 aromatic heterocycles. The first-order valence-electron chi connectivity index (χ1n) is 9.27. The minimum absolute atomic E-state index is 0.0252. The third-order valence-corrected chi connectivity index (χ3v) is 4.61. The summed E-state index contributed by atoms with van der Waals surface area (Å²) in [6.45, 7) is 3.09. The van der Waals surface area contributed by atoms with Crippen molar-refractivity contribution >= 4 is 23.2 Å². The van der Waals surface area contributed by atoms with Gasteiger partial charge in [0.25, 0.3) is 5.91 Å². The monoisotopic (exact) mass is 392 g/mol. The van der Waals surface area contributed by atoms with E-state index in [0.717, 1.165) is 16.8 Å². The van der Waals surface area contributed by atoms with E-state index in [1.807, 2.05) is 31.2 Å². The zero-order chi connectivity index (χ0) is 20.2. The Hall–Kier alpha value is -3.52. The van der Waals surface area contributed by atoms with Crippen LogP contribution in [-0.4, -0.2) is 41.7 Å². The van der Waals surface area contributed by atoms with E-state index < -0.39 is 0 Å². The van der Waals surface area contributed by atoms with Gasteiger partial charge in [0, 0.05) is 23.5 Å². The first kappa shape index (κ1) is 18.8. The molecule has 29 heavy (non-hydrogen) atoms. The maximum atomic E-state index is 12.3. The second-order valence-electron chi connectivity index (χ2n) is 6.70. The number of morpholine rings is 1. The van der Waals surface area contributed by atoms with Crippen molar-refractivity contribution < 1.29 is 18.8 Å². The molecule has 0 aliphatic carbocycles. The number of aromatic nitrogens is 2. The van der Waals surface area contributed by atoms with Crippen LogP contribution in [0.5, 0.6) is 0 Å². The van der Waals surface area contributed by atoms with Crippen LogP contribution in [0.3, 0.4) is 0 Å². The molecule has 0 saturated carbocycles. The van der Waals surface area contributed by atoms with Crippen LogP contribution in [0.2, 0.25) is 0 Å². The molecule has 0 spiro atoms. The molecule has 8 nitrogen and oxygen atoms in total. The molecule has 8 heteroatoms. The van der Waals surface area contributed by atoms with Crippen LogP contribution in [0.25, 0.3) is 11.4 Å². The summed E-state index contributed by atoms with van der Waals surface area (Å²) in [5, 5.41) is 6.76. The van der Waals surface area contributed by atoms with Crippen molar-refractivity contribution in [3.8, 4) is 11.4 Å². The second kappa shape index (κ2) is 8.24. The van der Waals surface area contributed by atoms with Gasteiger partial charge in [0.2, 0.25) is 17.6 Å². The Morgan fingerprint density at radius 1 is 1.17 bits per heavy atom. The number of nitrogens with zero attached hydrogens (tertiary/aromatic N) is 3. The van der Waals surface area contributed by atoms with Gasteiger partial charge in [0.05, 0.1) is 6.61 Å². The summed E-state index contributed by atoms with van der Waals surface area (Å²) in [4.78, 5) is 30.2. The molecule has 1 aliphatic heterocycles. The Morgan fingerprint density at radius 2 is 1.97 bits per heavy atom. The van der Waals surface area contributed by atoms with E-state index in [9.17, 15) is 9.59 Å². The highest BCUT2D eigenvalue weighted by Crippen LogP contribution is 2.21. The highest BCUT2D eigenvalue weighted by molar-refractivity contribution is 5.96. The second-order valence-corrected chi connectivity index (χ2v) is 6.70. The number of amides is 2. The number of ether oxygens (including phenoxy) is 1. The molecule has 1 N–H and O–H groups in total. The molecule has 1 fully saturated rings. The molecule has 0 bridgehead atoms. The van der Waals surface area contributed by atoms with Crippen LogP contribution in [-0.2, 0) is 20.7 Å². The van der Waals surface area contributed by atoms with Crippen LogP contribution in [0.15, 0.2) is 53.1 Å². The fourth-order valence-electron chi connectivity index (χ4n) is 3.12. The average molecular weight is 392 g/mol. The van der Waals surface area contributed by atoms with E-state index in [2.05, 4.69) is 15.5 Å². The minimum Gasteiger partial charge on any atom is -0.370 e.